The Labute approximate surface area is 148 Å². The molecule has 0 spiro atoms. The summed E-state index contributed by atoms with van der Waals surface area (Å²) >= 11 is 0. The Kier molecular flexibility index (Phi) is 7.16. The van der Waals surface area contributed by atoms with Crippen LogP contribution in [0.3, 0.4) is 0 Å². The zero-order valence-corrected chi connectivity index (χ0v) is 14.9. The van der Waals surface area contributed by atoms with Gasteiger partial charge in [0.2, 0.25) is 5.91 Å². The number of carbonyl (C=O) groups is 2. The number of amides is 1. The lowest BCUT2D eigenvalue weighted by Crippen LogP contribution is -2.38. The van der Waals surface area contributed by atoms with Crippen LogP contribution in [0.1, 0.15) is 38.8 Å². The van der Waals surface area contributed by atoms with Gasteiger partial charge in [-0.1, -0.05) is 30.3 Å². The van der Waals surface area contributed by atoms with E-state index in [1.807, 2.05) is 43.3 Å². The zero-order valence-electron chi connectivity index (χ0n) is 14.9. The molecule has 0 unspecified atom stereocenters. The molecular formula is C19H25NO5. The Morgan fingerprint density at radius 1 is 1.24 bits per heavy atom. The fourth-order valence-corrected chi connectivity index (χ4v) is 2.78. The minimum Gasteiger partial charge on any atom is -0.464 e. The molecule has 0 saturated carbocycles. The summed E-state index contributed by atoms with van der Waals surface area (Å²) in [7, 11) is 0. The molecule has 0 bridgehead atoms. The Hall–Kier alpha value is -2.18. The fourth-order valence-electron chi connectivity index (χ4n) is 2.78. The highest BCUT2D eigenvalue weighted by Gasteiger charge is 2.33. The molecular weight excluding hydrogens is 322 g/mol. The lowest BCUT2D eigenvalue weighted by molar-refractivity contribution is -0.183. The molecule has 1 N–H and O–H groups in total. The average Bonchev–Trinajstić information content (AvgIpc) is 2.60. The van der Waals surface area contributed by atoms with Crippen molar-refractivity contribution in [2.75, 3.05) is 13.2 Å². The Morgan fingerprint density at radius 3 is 2.56 bits per heavy atom. The van der Waals surface area contributed by atoms with Gasteiger partial charge in [0.15, 0.2) is 12.4 Å². The van der Waals surface area contributed by atoms with Crippen molar-refractivity contribution in [3.8, 4) is 0 Å². The van der Waals surface area contributed by atoms with E-state index in [4.69, 9.17) is 14.2 Å². The summed E-state index contributed by atoms with van der Waals surface area (Å²) in [4.78, 5) is 23.9. The molecule has 136 valence electrons. The van der Waals surface area contributed by atoms with Crippen molar-refractivity contribution < 1.29 is 23.8 Å². The molecule has 0 aliphatic carbocycles. The van der Waals surface area contributed by atoms with Crippen molar-refractivity contribution in [2.45, 2.75) is 45.6 Å². The van der Waals surface area contributed by atoms with Crippen LogP contribution in [0.2, 0.25) is 0 Å². The van der Waals surface area contributed by atoms with Gasteiger partial charge >= 0.3 is 5.97 Å². The van der Waals surface area contributed by atoms with Gasteiger partial charge in [-0.15, -0.1) is 0 Å². The number of ether oxygens (including phenoxy) is 3. The van der Waals surface area contributed by atoms with Crippen LogP contribution in [0.15, 0.2) is 42.0 Å². The SMILES string of the molecule is CCOC(=O)[C@H]1CC([C@@H](NC(C)=O)c2ccccc2)=C[C@@H](OCC)O1. The van der Waals surface area contributed by atoms with Gasteiger partial charge < -0.3 is 19.5 Å². The van der Waals surface area contributed by atoms with Gasteiger partial charge in [-0.25, -0.2) is 4.79 Å². The van der Waals surface area contributed by atoms with Crippen LogP contribution < -0.4 is 5.32 Å². The van der Waals surface area contributed by atoms with E-state index < -0.39 is 18.4 Å². The highest BCUT2D eigenvalue weighted by molar-refractivity contribution is 5.76. The highest BCUT2D eigenvalue weighted by atomic mass is 16.7. The normalized spacial score (nSPS) is 21.2. The number of rotatable bonds is 7. The van der Waals surface area contributed by atoms with E-state index in [0.29, 0.717) is 13.0 Å². The minimum atomic E-state index is -0.753. The van der Waals surface area contributed by atoms with E-state index >= 15 is 0 Å². The third-order valence-electron chi connectivity index (χ3n) is 3.80. The first-order valence-electron chi connectivity index (χ1n) is 8.51. The molecule has 3 atom stereocenters. The van der Waals surface area contributed by atoms with Gasteiger partial charge in [0.05, 0.1) is 12.6 Å². The zero-order chi connectivity index (χ0) is 18.2. The van der Waals surface area contributed by atoms with Crippen LogP contribution in [0, 0.1) is 0 Å². The number of carbonyl (C=O) groups excluding carboxylic acids is 2. The van der Waals surface area contributed by atoms with Gasteiger partial charge in [-0.05, 0) is 31.1 Å². The lowest BCUT2D eigenvalue weighted by Gasteiger charge is -2.32. The van der Waals surface area contributed by atoms with E-state index in [-0.39, 0.29) is 18.6 Å². The minimum absolute atomic E-state index is 0.151. The van der Waals surface area contributed by atoms with Crippen molar-refractivity contribution >= 4 is 11.9 Å². The summed E-state index contributed by atoms with van der Waals surface area (Å²) in [5.41, 5.74) is 1.80. The van der Waals surface area contributed by atoms with Gasteiger partial charge in [-0.3, -0.25) is 4.79 Å². The maximum Gasteiger partial charge on any atom is 0.335 e. The van der Waals surface area contributed by atoms with Crippen LogP contribution in [0.5, 0.6) is 0 Å². The first-order valence-corrected chi connectivity index (χ1v) is 8.51. The molecule has 25 heavy (non-hydrogen) atoms. The molecule has 1 amide bonds. The van der Waals surface area contributed by atoms with E-state index in [9.17, 15) is 9.59 Å². The average molecular weight is 347 g/mol. The number of benzene rings is 1. The van der Waals surface area contributed by atoms with Crippen molar-refractivity contribution in [2.24, 2.45) is 0 Å². The molecule has 6 heteroatoms. The van der Waals surface area contributed by atoms with Crippen molar-refractivity contribution in [3.05, 3.63) is 47.5 Å². The maximum absolute atomic E-state index is 12.2. The predicted molar refractivity (Wildman–Crippen MR) is 92.6 cm³/mol. The van der Waals surface area contributed by atoms with Crippen LogP contribution in [-0.2, 0) is 23.8 Å². The summed E-state index contributed by atoms with van der Waals surface area (Å²) in [5.74, 6) is -0.575. The monoisotopic (exact) mass is 347 g/mol. The number of hydrogen-bond donors (Lipinski definition) is 1. The quantitative estimate of drug-likeness (QED) is 0.606. The largest absolute Gasteiger partial charge is 0.464 e. The third-order valence-corrected chi connectivity index (χ3v) is 3.80. The van der Waals surface area contributed by atoms with Gasteiger partial charge in [0.1, 0.15) is 0 Å². The molecule has 0 saturated heterocycles. The van der Waals surface area contributed by atoms with Crippen molar-refractivity contribution in [3.63, 3.8) is 0 Å². The molecule has 0 radical (unpaired) electrons. The molecule has 1 heterocycles. The molecule has 0 fully saturated rings. The Balaban J connectivity index is 2.32. The van der Waals surface area contributed by atoms with Gasteiger partial charge in [0.25, 0.3) is 0 Å². The first kappa shape index (κ1) is 19.1. The van der Waals surface area contributed by atoms with Gasteiger partial charge in [0, 0.05) is 20.0 Å². The molecule has 1 aromatic carbocycles. The van der Waals surface area contributed by atoms with Gasteiger partial charge in [-0.2, -0.15) is 0 Å². The van der Waals surface area contributed by atoms with Crippen LogP contribution in [-0.4, -0.2) is 37.5 Å². The fraction of sp³-hybridized carbons (Fsp3) is 0.474. The summed E-state index contributed by atoms with van der Waals surface area (Å²) < 4.78 is 16.3. The Morgan fingerprint density at radius 2 is 1.96 bits per heavy atom. The van der Waals surface area contributed by atoms with E-state index in [0.717, 1.165) is 11.1 Å². The number of esters is 1. The first-order chi connectivity index (χ1) is 12.0. The third kappa shape index (κ3) is 5.41. The summed E-state index contributed by atoms with van der Waals surface area (Å²) in [6.07, 6.45) is 0.759. The molecule has 1 aromatic rings. The molecule has 1 aliphatic heterocycles. The van der Waals surface area contributed by atoms with E-state index in [1.54, 1.807) is 6.92 Å². The van der Waals surface area contributed by atoms with Crippen molar-refractivity contribution in [1.29, 1.82) is 0 Å². The molecule has 1 aliphatic rings. The van der Waals surface area contributed by atoms with E-state index in [1.165, 1.54) is 6.92 Å². The second-order valence-corrected chi connectivity index (χ2v) is 5.69. The number of nitrogens with one attached hydrogen (secondary N) is 1. The molecule has 2 rings (SSSR count). The summed E-state index contributed by atoms with van der Waals surface area (Å²) in [6.45, 7) is 5.80. The Bertz CT molecular complexity index is 614. The second kappa shape index (κ2) is 9.34. The maximum atomic E-state index is 12.2. The topological polar surface area (TPSA) is 73.9 Å². The standard InChI is InChI=1S/C19H25NO5/c1-4-23-17-12-15(11-16(25-17)19(22)24-5-2)18(20-13(3)21)14-9-7-6-8-10-14/h6-10,12,16-18H,4-5,11H2,1-3H3,(H,20,21)/t16-,17+,18+/m1/s1. The van der Waals surface area contributed by atoms with Crippen LogP contribution in [0.25, 0.3) is 0 Å². The van der Waals surface area contributed by atoms with Crippen molar-refractivity contribution in [1.82, 2.24) is 5.32 Å². The lowest BCUT2D eigenvalue weighted by atomic mass is 9.92. The number of hydrogen-bond acceptors (Lipinski definition) is 5. The van der Waals surface area contributed by atoms with Crippen LogP contribution in [0.4, 0.5) is 0 Å². The molecule has 0 aromatic heterocycles. The summed E-state index contributed by atoms with van der Waals surface area (Å²) in [5, 5.41) is 2.95. The second-order valence-electron chi connectivity index (χ2n) is 5.69. The van der Waals surface area contributed by atoms with Crippen LogP contribution >= 0.6 is 0 Å². The smallest absolute Gasteiger partial charge is 0.335 e. The molecule has 6 nitrogen and oxygen atoms in total. The van der Waals surface area contributed by atoms with E-state index in [2.05, 4.69) is 5.32 Å². The highest BCUT2D eigenvalue weighted by Crippen LogP contribution is 2.31. The summed E-state index contributed by atoms with van der Waals surface area (Å²) in [6, 6.07) is 9.26. The predicted octanol–water partition coefficient (Wildman–Crippen LogP) is 2.50.